The van der Waals surface area contributed by atoms with Gasteiger partial charge in [-0.2, -0.15) is 14.6 Å². The number of hydrogen-bond acceptors (Lipinski definition) is 5. The second-order valence-corrected chi connectivity index (χ2v) is 3.38. The lowest BCUT2D eigenvalue weighted by atomic mass is 10.4. The number of aromatic nitrogens is 4. The lowest BCUT2D eigenvalue weighted by Gasteiger charge is -2.04. The number of rotatable bonds is 5. The van der Waals surface area contributed by atoms with Gasteiger partial charge in [-0.1, -0.05) is 0 Å². The van der Waals surface area contributed by atoms with Crippen LogP contribution < -0.4 is 16.3 Å². The van der Waals surface area contributed by atoms with Gasteiger partial charge in [0.05, 0.1) is 6.20 Å². The second-order valence-electron chi connectivity index (χ2n) is 3.38. The van der Waals surface area contributed by atoms with E-state index >= 15 is 0 Å². The van der Waals surface area contributed by atoms with Crippen molar-refractivity contribution in [1.82, 2.24) is 24.9 Å². The third-order valence-corrected chi connectivity index (χ3v) is 2.16. The third-order valence-electron chi connectivity index (χ3n) is 2.16. The van der Waals surface area contributed by atoms with Gasteiger partial charge in [-0.3, -0.25) is 4.98 Å². The highest BCUT2D eigenvalue weighted by molar-refractivity contribution is 5.40. The van der Waals surface area contributed by atoms with Gasteiger partial charge in [-0.15, -0.1) is 0 Å². The molecule has 0 fully saturated rings. The zero-order chi connectivity index (χ0) is 11.4. The second kappa shape index (κ2) is 4.75. The highest BCUT2D eigenvalue weighted by atomic mass is 16.1. The number of hydrogen-bond donors (Lipinski definition) is 3. The molecule has 0 unspecified atom stereocenters. The smallest absolute Gasteiger partial charge is 0.350 e. The molecule has 0 aliphatic carbocycles. The van der Waals surface area contributed by atoms with Crippen LogP contribution in [0.5, 0.6) is 0 Å². The summed E-state index contributed by atoms with van der Waals surface area (Å²) in [5.41, 5.74) is 0.256. The first-order chi connectivity index (χ1) is 7.81. The van der Waals surface area contributed by atoms with E-state index in [2.05, 4.69) is 25.7 Å². The van der Waals surface area contributed by atoms with Gasteiger partial charge < -0.3 is 10.6 Å². The van der Waals surface area contributed by atoms with Crippen molar-refractivity contribution in [1.29, 1.82) is 0 Å². The van der Waals surface area contributed by atoms with Crippen LogP contribution in [0.4, 0.5) is 5.95 Å². The molecule has 2 rings (SSSR count). The highest BCUT2D eigenvalue weighted by Crippen LogP contribution is 1.98. The summed E-state index contributed by atoms with van der Waals surface area (Å²) in [6.07, 6.45) is 2.51. The molecule has 0 bridgehead atoms. The fourth-order valence-electron chi connectivity index (χ4n) is 1.39. The summed E-state index contributed by atoms with van der Waals surface area (Å²) >= 11 is 0. The van der Waals surface area contributed by atoms with E-state index in [1.165, 1.54) is 4.52 Å². The molecule has 0 aliphatic rings. The number of nitrogens with one attached hydrogen (secondary N) is 3. The third kappa shape index (κ3) is 2.19. The molecule has 7 nitrogen and oxygen atoms in total. The van der Waals surface area contributed by atoms with Gasteiger partial charge in [-0.05, 0) is 20.0 Å². The Morgan fingerprint density at radius 1 is 1.50 bits per heavy atom. The molecule has 0 saturated heterocycles. The monoisotopic (exact) mass is 222 g/mol. The summed E-state index contributed by atoms with van der Waals surface area (Å²) in [5, 5.41) is 9.94. The lowest BCUT2D eigenvalue weighted by Crippen LogP contribution is -2.21. The summed E-state index contributed by atoms with van der Waals surface area (Å²) in [5.74, 6) is 0.481. The Kier molecular flexibility index (Phi) is 3.16. The molecule has 0 spiro atoms. The van der Waals surface area contributed by atoms with Crippen LogP contribution in [0.1, 0.15) is 6.42 Å². The van der Waals surface area contributed by atoms with Crippen LogP contribution >= 0.6 is 0 Å². The van der Waals surface area contributed by atoms with Crippen molar-refractivity contribution in [2.45, 2.75) is 6.42 Å². The predicted octanol–water partition coefficient (Wildman–Crippen LogP) is -0.561. The average Bonchev–Trinajstić information content (AvgIpc) is 2.73. The normalized spacial score (nSPS) is 10.8. The van der Waals surface area contributed by atoms with Crippen LogP contribution in [0.25, 0.3) is 5.65 Å². The summed E-state index contributed by atoms with van der Waals surface area (Å²) in [4.78, 5) is 18.3. The molecule has 0 saturated carbocycles. The van der Waals surface area contributed by atoms with Gasteiger partial charge in [0, 0.05) is 12.6 Å². The largest absolute Gasteiger partial charge is 0.356 e. The predicted molar refractivity (Wildman–Crippen MR) is 60.6 cm³/mol. The molecular formula is C9H14N6O. The van der Waals surface area contributed by atoms with Crippen LogP contribution in [0, 0.1) is 0 Å². The van der Waals surface area contributed by atoms with E-state index in [1.54, 1.807) is 12.3 Å². The Balaban J connectivity index is 2.10. The van der Waals surface area contributed by atoms with Crippen LogP contribution in [0.2, 0.25) is 0 Å². The number of H-pyrrole nitrogens is 1. The molecule has 3 N–H and O–H groups in total. The Morgan fingerprint density at radius 3 is 3.19 bits per heavy atom. The van der Waals surface area contributed by atoms with Crippen LogP contribution in [-0.4, -0.2) is 39.7 Å². The highest BCUT2D eigenvalue weighted by Gasteiger charge is 2.02. The van der Waals surface area contributed by atoms with Crippen LogP contribution in [-0.2, 0) is 0 Å². The summed E-state index contributed by atoms with van der Waals surface area (Å²) in [6.45, 7) is 1.68. The van der Waals surface area contributed by atoms with Gasteiger partial charge in [0.1, 0.15) is 0 Å². The topological polar surface area (TPSA) is 87.1 Å². The molecule has 86 valence electrons. The Hall–Kier alpha value is -1.89. The summed E-state index contributed by atoms with van der Waals surface area (Å²) < 4.78 is 1.22. The molecule has 16 heavy (non-hydrogen) atoms. The average molecular weight is 222 g/mol. The molecule has 0 aromatic carbocycles. The fourth-order valence-corrected chi connectivity index (χ4v) is 1.39. The van der Waals surface area contributed by atoms with E-state index in [0.29, 0.717) is 11.6 Å². The van der Waals surface area contributed by atoms with Gasteiger partial charge in [0.2, 0.25) is 5.95 Å². The lowest BCUT2D eigenvalue weighted by molar-refractivity contribution is 0.742. The summed E-state index contributed by atoms with van der Waals surface area (Å²) in [7, 11) is 1.90. The minimum Gasteiger partial charge on any atom is -0.356 e. The van der Waals surface area contributed by atoms with Crippen molar-refractivity contribution >= 4 is 11.6 Å². The van der Waals surface area contributed by atoms with E-state index in [1.807, 2.05) is 7.05 Å². The maximum atomic E-state index is 11.5. The van der Waals surface area contributed by atoms with E-state index in [4.69, 9.17) is 0 Å². The molecule has 0 radical (unpaired) electrons. The van der Waals surface area contributed by atoms with Crippen molar-refractivity contribution in [3.63, 3.8) is 0 Å². The van der Waals surface area contributed by atoms with Gasteiger partial charge >= 0.3 is 5.69 Å². The molecule has 7 heteroatoms. The van der Waals surface area contributed by atoms with E-state index in [-0.39, 0.29) is 5.69 Å². The quantitative estimate of drug-likeness (QED) is 0.590. The molecule has 2 heterocycles. The van der Waals surface area contributed by atoms with Crippen molar-refractivity contribution in [2.75, 3.05) is 25.5 Å². The number of anilines is 1. The molecule has 0 aliphatic heterocycles. The zero-order valence-corrected chi connectivity index (χ0v) is 9.03. The Morgan fingerprint density at radius 2 is 2.38 bits per heavy atom. The van der Waals surface area contributed by atoms with Crippen LogP contribution in [0.3, 0.4) is 0 Å². The van der Waals surface area contributed by atoms with Gasteiger partial charge in [0.25, 0.3) is 0 Å². The van der Waals surface area contributed by atoms with E-state index in [0.717, 1.165) is 19.5 Å². The first kappa shape index (κ1) is 10.6. The maximum Gasteiger partial charge on any atom is 0.350 e. The van der Waals surface area contributed by atoms with Crippen molar-refractivity contribution in [3.8, 4) is 0 Å². The number of nitrogens with zero attached hydrogens (tertiary/aromatic N) is 3. The van der Waals surface area contributed by atoms with Crippen molar-refractivity contribution in [3.05, 3.63) is 22.7 Å². The molecule has 0 amide bonds. The maximum absolute atomic E-state index is 11.5. The standard InChI is InChI=1S/C9H14N6O/c1-10-4-2-5-11-8-13-7-3-6-12-15(7)9(16)14-8/h3,6,10H,2,4-5H2,1H3,(H2,11,13,14,16). The molecule has 2 aromatic rings. The number of fused-ring (bicyclic) bond motifs is 1. The first-order valence-electron chi connectivity index (χ1n) is 5.14. The first-order valence-corrected chi connectivity index (χ1v) is 5.14. The zero-order valence-electron chi connectivity index (χ0n) is 9.03. The van der Waals surface area contributed by atoms with E-state index in [9.17, 15) is 4.79 Å². The van der Waals surface area contributed by atoms with E-state index < -0.39 is 0 Å². The fraction of sp³-hybridized carbons (Fsp3) is 0.444. The number of aromatic amines is 1. The Labute approximate surface area is 91.9 Å². The van der Waals surface area contributed by atoms with Gasteiger partial charge in [-0.25, -0.2) is 4.79 Å². The molecule has 2 aromatic heterocycles. The minimum atomic E-state index is -0.286. The van der Waals surface area contributed by atoms with Crippen molar-refractivity contribution in [2.24, 2.45) is 0 Å². The Bertz CT molecular complexity index is 516. The molecule has 0 atom stereocenters. The minimum absolute atomic E-state index is 0.286. The van der Waals surface area contributed by atoms with Gasteiger partial charge in [0.15, 0.2) is 5.65 Å². The van der Waals surface area contributed by atoms with Crippen molar-refractivity contribution < 1.29 is 0 Å². The van der Waals surface area contributed by atoms with Crippen LogP contribution in [0.15, 0.2) is 17.1 Å². The molecular weight excluding hydrogens is 208 g/mol. The SMILES string of the molecule is CNCCCNc1nc2ccnn2c(=O)[nH]1. The summed E-state index contributed by atoms with van der Waals surface area (Å²) in [6, 6.07) is 1.69.